The van der Waals surface area contributed by atoms with E-state index < -0.39 is 0 Å². The Morgan fingerprint density at radius 1 is 0.256 bits per heavy atom. The molecule has 0 amide bonds. The third kappa shape index (κ3) is 7.42. The maximum Gasteiger partial charge on any atom is 0.0547 e. The monoisotopic (exact) mass is 995 g/mol. The van der Waals surface area contributed by atoms with Gasteiger partial charge in [0.05, 0.1) is 22.1 Å². The van der Waals surface area contributed by atoms with E-state index in [1.165, 1.54) is 105 Å². The van der Waals surface area contributed by atoms with Crippen molar-refractivity contribution in [3.8, 4) is 67.0 Å². The Morgan fingerprint density at radius 2 is 0.641 bits per heavy atom. The Kier molecular flexibility index (Phi) is 10.6. The Bertz CT molecular complexity index is 4490. The molecule has 0 saturated heterocycles. The molecule has 14 aromatic rings. The second-order valence-corrected chi connectivity index (χ2v) is 21.3. The highest BCUT2D eigenvalue weighted by atomic mass is 15.1. The first-order valence-electron chi connectivity index (χ1n) is 27.1. The van der Waals surface area contributed by atoms with Crippen molar-refractivity contribution in [3.05, 3.63) is 296 Å². The van der Waals surface area contributed by atoms with Crippen molar-refractivity contribution in [2.45, 2.75) is 19.3 Å². The van der Waals surface area contributed by atoms with Crippen molar-refractivity contribution < 1.29 is 0 Å². The SMILES string of the molecule is CC1(C)c2cc(N(c3ccc(-c4cc(-c5ccccc5)cc(-c5ccccc5)c4)cc3)c3ccc(-c4ccc5c6ccccc6n(-c6ccccc6)c5c4)cc3)ccc2-c2ccc(-n3c4ccccc4c4ccccc43)cc21. The predicted octanol–water partition coefficient (Wildman–Crippen LogP) is 20.3. The molecule has 0 radical (unpaired) electrons. The van der Waals surface area contributed by atoms with E-state index in [2.05, 4.69) is 313 Å². The number of hydrogen-bond donors (Lipinski definition) is 0. The van der Waals surface area contributed by atoms with Gasteiger partial charge in [0.1, 0.15) is 0 Å². The molecule has 0 atom stereocenters. The molecule has 0 saturated carbocycles. The maximum absolute atomic E-state index is 2.45. The molecule has 2 heterocycles. The van der Waals surface area contributed by atoms with Crippen LogP contribution in [0.4, 0.5) is 17.1 Å². The van der Waals surface area contributed by atoms with Gasteiger partial charge in [-0.05, 0) is 170 Å². The van der Waals surface area contributed by atoms with Crippen molar-refractivity contribution in [2.75, 3.05) is 4.90 Å². The quantitative estimate of drug-likeness (QED) is 0.140. The topological polar surface area (TPSA) is 13.1 Å². The fraction of sp³-hybridized carbons (Fsp3) is 0.0400. The summed E-state index contributed by atoms with van der Waals surface area (Å²) in [6, 6.07) is 105. The van der Waals surface area contributed by atoms with Crippen LogP contribution in [-0.2, 0) is 5.41 Å². The van der Waals surface area contributed by atoms with Gasteiger partial charge in [0.2, 0.25) is 0 Å². The van der Waals surface area contributed by atoms with Gasteiger partial charge < -0.3 is 14.0 Å². The molecule has 0 unspecified atom stereocenters. The van der Waals surface area contributed by atoms with Gasteiger partial charge in [-0.15, -0.1) is 0 Å². The molecule has 12 aromatic carbocycles. The number of benzene rings is 12. The number of para-hydroxylation sites is 4. The Labute approximate surface area is 454 Å². The summed E-state index contributed by atoms with van der Waals surface area (Å²) in [7, 11) is 0. The van der Waals surface area contributed by atoms with Gasteiger partial charge in [-0.3, -0.25) is 0 Å². The summed E-state index contributed by atoms with van der Waals surface area (Å²) >= 11 is 0. The van der Waals surface area contributed by atoms with Crippen LogP contribution in [0.25, 0.3) is 111 Å². The Morgan fingerprint density at radius 3 is 1.17 bits per heavy atom. The first kappa shape index (κ1) is 45.4. The molecular weight excluding hydrogens is 943 g/mol. The number of rotatable bonds is 9. The van der Waals surface area contributed by atoms with Crippen LogP contribution >= 0.6 is 0 Å². The standard InChI is InChI=1S/C75H53N3/c1-75(2)69-48-61(39-42-63(69)64-43-40-62(49-70(64)75)78-72-28-16-12-24-65(72)66-25-13-17-29-73(66)78)76(60-37-32-53(33-38-60)57-45-55(50-18-6-3-7-19-50)44-56(46-57)51-20-8-4-9-21-51)59-35-30-52(31-36-59)54-34-41-68-67-26-14-15-27-71(67)77(74(68)47-54)58-22-10-5-11-23-58/h3-49H,1-2H3. The molecule has 0 spiro atoms. The molecule has 2 aromatic heterocycles. The minimum absolute atomic E-state index is 0.268. The zero-order valence-electron chi connectivity index (χ0n) is 43.5. The van der Waals surface area contributed by atoms with Gasteiger partial charge in [-0.1, -0.05) is 196 Å². The summed E-state index contributed by atoms with van der Waals surface area (Å²) in [5.41, 5.74) is 24.9. The van der Waals surface area contributed by atoms with E-state index >= 15 is 0 Å². The molecule has 1 aliphatic carbocycles. The molecule has 15 rings (SSSR count). The minimum Gasteiger partial charge on any atom is -0.310 e. The highest BCUT2D eigenvalue weighted by molar-refractivity contribution is 6.11. The predicted molar refractivity (Wildman–Crippen MR) is 329 cm³/mol. The third-order valence-corrected chi connectivity index (χ3v) is 16.5. The molecule has 368 valence electrons. The normalized spacial score (nSPS) is 12.6. The van der Waals surface area contributed by atoms with Crippen LogP contribution in [0.2, 0.25) is 0 Å². The van der Waals surface area contributed by atoms with E-state index in [-0.39, 0.29) is 5.41 Å². The zero-order chi connectivity index (χ0) is 51.9. The summed E-state index contributed by atoms with van der Waals surface area (Å²) in [4.78, 5) is 2.43. The van der Waals surface area contributed by atoms with Crippen LogP contribution in [0.3, 0.4) is 0 Å². The fourth-order valence-electron chi connectivity index (χ4n) is 12.6. The van der Waals surface area contributed by atoms with Crippen molar-refractivity contribution in [2.24, 2.45) is 0 Å². The molecule has 0 N–H and O–H groups in total. The average Bonchev–Trinajstić information content (AvgIpc) is 4.33. The lowest BCUT2D eigenvalue weighted by atomic mass is 9.82. The van der Waals surface area contributed by atoms with E-state index in [4.69, 9.17) is 0 Å². The van der Waals surface area contributed by atoms with Crippen molar-refractivity contribution in [1.82, 2.24) is 9.13 Å². The van der Waals surface area contributed by atoms with Gasteiger partial charge in [0.25, 0.3) is 0 Å². The Hall–Kier alpha value is -9.96. The van der Waals surface area contributed by atoms with Crippen molar-refractivity contribution in [3.63, 3.8) is 0 Å². The number of aromatic nitrogens is 2. The number of nitrogens with zero attached hydrogens (tertiary/aromatic N) is 3. The highest BCUT2D eigenvalue weighted by Crippen LogP contribution is 2.52. The van der Waals surface area contributed by atoms with E-state index in [9.17, 15) is 0 Å². The summed E-state index contributed by atoms with van der Waals surface area (Å²) in [5.74, 6) is 0. The van der Waals surface area contributed by atoms with E-state index in [0.717, 1.165) is 33.9 Å². The second kappa shape index (κ2) is 18.1. The zero-order valence-corrected chi connectivity index (χ0v) is 43.5. The van der Waals surface area contributed by atoms with Crippen molar-refractivity contribution in [1.29, 1.82) is 0 Å². The molecule has 78 heavy (non-hydrogen) atoms. The first-order chi connectivity index (χ1) is 38.4. The molecular formula is C75H53N3. The maximum atomic E-state index is 2.45. The van der Waals surface area contributed by atoms with Crippen LogP contribution in [0, 0.1) is 0 Å². The molecule has 0 aliphatic heterocycles. The summed E-state index contributed by atoms with van der Waals surface area (Å²) in [6.07, 6.45) is 0. The number of hydrogen-bond acceptors (Lipinski definition) is 1. The van der Waals surface area contributed by atoms with Gasteiger partial charge in [-0.25, -0.2) is 0 Å². The van der Waals surface area contributed by atoms with E-state index in [1.807, 2.05) is 0 Å². The third-order valence-electron chi connectivity index (χ3n) is 16.5. The van der Waals surface area contributed by atoms with Gasteiger partial charge in [0, 0.05) is 55.4 Å². The van der Waals surface area contributed by atoms with E-state index in [1.54, 1.807) is 0 Å². The van der Waals surface area contributed by atoms with E-state index in [0.29, 0.717) is 0 Å². The molecule has 0 fully saturated rings. The van der Waals surface area contributed by atoms with Crippen LogP contribution in [0.1, 0.15) is 25.0 Å². The van der Waals surface area contributed by atoms with Gasteiger partial charge in [-0.2, -0.15) is 0 Å². The summed E-state index contributed by atoms with van der Waals surface area (Å²) in [5, 5.41) is 5.04. The number of fused-ring (bicyclic) bond motifs is 9. The average molecular weight is 996 g/mol. The first-order valence-corrected chi connectivity index (χ1v) is 27.1. The smallest absolute Gasteiger partial charge is 0.0547 e. The highest BCUT2D eigenvalue weighted by Gasteiger charge is 2.37. The van der Waals surface area contributed by atoms with Gasteiger partial charge >= 0.3 is 0 Å². The van der Waals surface area contributed by atoms with Crippen LogP contribution in [0.15, 0.2) is 285 Å². The minimum atomic E-state index is -0.268. The lowest BCUT2D eigenvalue weighted by Crippen LogP contribution is -2.17. The number of anilines is 3. The molecule has 0 bridgehead atoms. The Balaban J connectivity index is 0.843. The molecule has 1 aliphatic rings. The van der Waals surface area contributed by atoms with Gasteiger partial charge in [0.15, 0.2) is 0 Å². The van der Waals surface area contributed by atoms with Crippen molar-refractivity contribution >= 4 is 60.7 Å². The summed E-state index contributed by atoms with van der Waals surface area (Å²) in [6.45, 7) is 4.79. The van der Waals surface area contributed by atoms with Crippen LogP contribution in [0.5, 0.6) is 0 Å². The van der Waals surface area contributed by atoms with Crippen LogP contribution < -0.4 is 4.90 Å². The molecule has 3 heteroatoms. The van der Waals surface area contributed by atoms with Crippen LogP contribution in [-0.4, -0.2) is 9.13 Å². The molecule has 3 nitrogen and oxygen atoms in total. The summed E-state index contributed by atoms with van der Waals surface area (Å²) < 4.78 is 4.83. The lowest BCUT2D eigenvalue weighted by Gasteiger charge is -2.28. The second-order valence-electron chi connectivity index (χ2n) is 21.3. The lowest BCUT2D eigenvalue weighted by molar-refractivity contribution is 0.660. The fourth-order valence-corrected chi connectivity index (χ4v) is 12.6. The largest absolute Gasteiger partial charge is 0.310 e.